The van der Waals surface area contributed by atoms with Crippen molar-refractivity contribution in [3.8, 4) is 0 Å². The molecule has 0 aromatic heterocycles. The number of aryl methyl sites for hydroxylation is 1. The van der Waals surface area contributed by atoms with Crippen LogP contribution in [0.5, 0.6) is 0 Å². The van der Waals surface area contributed by atoms with Gasteiger partial charge in [-0.1, -0.05) is 31.9 Å². The van der Waals surface area contributed by atoms with Gasteiger partial charge in [0.25, 0.3) is 11.8 Å². The van der Waals surface area contributed by atoms with Crippen LogP contribution in [0.4, 0.5) is 11.4 Å². The number of hydrogen-bond donors (Lipinski definition) is 2. The second-order valence-electron chi connectivity index (χ2n) is 8.04. The molecular weight excluding hydrogens is 402 g/mol. The lowest BCUT2D eigenvalue weighted by Crippen LogP contribution is -2.27. The Morgan fingerprint density at radius 2 is 1.69 bits per heavy atom. The van der Waals surface area contributed by atoms with Crippen molar-refractivity contribution in [3.63, 3.8) is 0 Å². The SMILES string of the molecule is CCCCCc1ccc(C(=O)Nc2ccc(N(C)C)c(C(=O)NCCCOCC)c2)cc1. The molecule has 2 aromatic carbocycles. The zero-order chi connectivity index (χ0) is 23.3. The first kappa shape index (κ1) is 25.4. The van der Waals surface area contributed by atoms with Crippen molar-refractivity contribution in [2.45, 2.75) is 46.0 Å². The van der Waals surface area contributed by atoms with Crippen molar-refractivity contribution < 1.29 is 14.3 Å². The molecular formula is C26H37N3O3. The van der Waals surface area contributed by atoms with E-state index in [1.165, 1.54) is 18.4 Å². The van der Waals surface area contributed by atoms with Gasteiger partial charge in [-0.2, -0.15) is 0 Å². The minimum Gasteiger partial charge on any atom is -0.382 e. The van der Waals surface area contributed by atoms with E-state index >= 15 is 0 Å². The number of nitrogens with zero attached hydrogens (tertiary/aromatic N) is 1. The van der Waals surface area contributed by atoms with Gasteiger partial charge >= 0.3 is 0 Å². The maximum atomic E-state index is 12.8. The van der Waals surface area contributed by atoms with Crippen molar-refractivity contribution in [1.29, 1.82) is 0 Å². The Hall–Kier alpha value is -2.86. The molecule has 0 bridgehead atoms. The number of hydrogen-bond acceptors (Lipinski definition) is 4. The van der Waals surface area contributed by atoms with Crippen LogP contribution in [0.25, 0.3) is 0 Å². The smallest absolute Gasteiger partial charge is 0.255 e. The molecule has 2 rings (SSSR count). The number of unbranched alkanes of at least 4 members (excludes halogenated alkanes) is 2. The first-order valence-electron chi connectivity index (χ1n) is 11.5. The molecule has 6 nitrogen and oxygen atoms in total. The Labute approximate surface area is 192 Å². The molecule has 0 atom stereocenters. The highest BCUT2D eigenvalue weighted by Crippen LogP contribution is 2.23. The molecule has 0 aliphatic rings. The van der Waals surface area contributed by atoms with Crippen LogP contribution < -0.4 is 15.5 Å². The third-order valence-electron chi connectivity index (χ3n) is 5.22. The van der Waals surface area contributed by atoms with Crippen LogP contribution in [-0.4, -0.2) is 45.7 Å². The Bertz CT molecular complexity index is 863. The largest absolute Gasteiger partial charge is 0.382 e. The van der Waals surface area contributed by atoms with E-state index in [0.29, 0.717) is 36.6 Å². The maximum absolute atomic E-state index is 12.8. The summed E-state index contributed by atoms with van der Waals surface area (Å²) in [5, 5.41) is 5.85. The highest BCUT2D eigenvalue weighted by molar-refractivity contribution is 6.06. The third kappa shape index (κ3) is 8.00. The lowest BCUT2D eigenvalue weighted by atomic mass is 10.0. The highest BCUT2D eigenvalue weighted by atomic mass is 16.5. The molecule has 0 unspecified atom stereocenters. The van der Waals surface area contributed by atoms with Crippen LogP contribution in [0.1, 0.15) is 65.8 Å². The summed E-state index contributed by atoms with van der Waals surface area (Å²) in [7, 11) is 3.78. The van der Waals surface area contributed by atoms with Crippen LogP contribution in [0, 0.1) is 0 Å². The van der Waals surface area contributed by atoms with Gasteiger partial charge in [-0.25, -0.2) is 0 Å². The Balaban J connectivity index is 2.05. The molecule has 0 heterocycles. The third-order valence-corrected chi connectivity index (χ3v) is 5.22. The second kappa shape index (κ2) is 13.5. The number of rotatable bonds is 13. The summed E-state index contributed by atoms with van der Waals surface area (Å²) in [5.74, 6) is -0.358. The second-order valence-corrected chi connectivity index (χ2v) is 8.04. The van der Waals surface area contributed by atoms with Crippen molar-refractivity contribution in [1.82, 2.24) is 5.32 Å². The summed E-state index contributed by atoms with van der Waals surface area (Å²) in [6, 6.07) is 13.1. The molecule has 0 aliphatic heterocycles. The first-order chi connectivity index (χ1) is 15.5. The molecule has 2 N–H and O–H groups in total. The van der Waals surface area contributed by atoms with Gasteiger partial charge in [0.15, 0.2) is 0 Å². The number of carbonyl (C=O) groups excluding carboxylic acids is 2. The first-order valence-corrected chi connectivity index (χ1v) is 11.5. The predicted molar refractivity (Wildman–Crippen MR) is 132 cm³/mol. The molecule has 0 saturated heterocycles. The van der Waals surface area contributed by atoms with Gasteiger partial charge in [0.1, 0.15) is 0 Å². The van der Waals surface area contributed by atoms with Crippen LogP contribution in [-0.2, 0) is 11.2 Å². The monoisotopic (exact) mass is 439 g/mol. The number of nitrogens with one attached hydrogen (secondary N) is 2. The van der Waals surface area contributed by atoms with Crippen molar-refractivity contribution in [2.24, 2.45) is 0 Å². The van der Waals surface area contributed by atoms with Crippen molar-refractivity contribution >= 4 is 23.2 Å². The molecule has 0 radical (unpaired) electrons. The Morgan fingerprint density at radius 3 is 2.34 bits per heavy atom. The highest BCUT2D eigenvalue weighted by Gasteiger charge is 2.15. The Morgan fingerprint density at radius 1 is 0.938 bits per heavy atom. The fourth-order valence-corrected chi connectivity index (χ4v) is 3.41. The zero-order valence-corrected chi connectivity index (χ0v) is 19.9. The number of anilines is 2. The van der Waals surface area contributed by atoms with Gasteiger partial charge in [-0.05, 0) is 62.1 Å². The summed E-state index contributed by atoms with van der Waals surface area (Å²) in [5.41, 5.74) is 3.75. The van der Waals surface area contributed by atoms with Crippen LogP contribution in [0.15, 0.2) is 42.5 Å². The summed E-state index contributed by atoms with van der Waals surface area (Å²) < 4.78 is 5.31. The molecule has 0 aliphatic carbocycles. The molecule has 6 heteroatoms. The lowest BCUT2D eigenvalue weighted by Gasteiger charge is -2.18. The van der Waals surface area contributed by atoms with Gasteiger partial charge < -0.3 is 20.3 Å². The quantitative estimate of drug-likeness (QED) is 0.436. The minimum atomic E-state index is -0.189. The van der Waals surface area contributed by atoms with Gasteiger partial charge in [-0.15, -0.1) is 0 Å². The van der Waals surface area contributed by atoms with E-state index < -0.39 is 0 Å². The van der Waals surface area contributed by atoms with Crippen molar-refractivity contribution in [3.05, 3.63) is 59.2 Å². The number of carbonyl (C=O) groups is 2. The summed E-state index contributed by atoms with van der Waals surface area (Å²) in [6.45, 7) is 5.96. The lowest BCUT2D eigenvalue weighted by molar-refractivity contribution is 0.0943. The van der Waals surface area contributed by atoms with Crippen LogP contribution >= 0.6 is 0 Å². The van der Waals surface area contributed by atoms with E-state index in [0.717, 1.165) is 24.9 Å². The predicted octanol–water partition coefficient (Wildman–Crippen LogP) is 4.89. The standard InChI is InChI=1S/C26H37N3O3/c1-5-7-8-10-20-11-13-21(14-12-20)25(30)28-22-15-16-24(29(3)4)23(19-22)26(31)27-17-9-18-32-6-2/h11-16,19H,5-10,17-18H2,1-4H3,(H,27,31)(H,28,30). The summed E-state index contributed by atoms with van der Waals surface area (Å²) >= 11 is 0. The summed E-state index contributed by atoms with van der Waals surface area (Å²) in [4.78, 5) is 27.4. The van der Waals surface area contributed by atoms with Crippen LogP contribution in [0.3, 0.4) is 0 Å². The average molecular weight is 440 g/mol. The fraction of sp³-hybridized carbons (Fsp3) is 0.462. The topological polar surface area (TPSA) is 70.7 Å². The van der Waals surface area contributed by atoms with E-state index in [1.54, 1.807) is 6.07 Å². The average Bonchev–Trinajstić information content (AvgIpc) is 2.79. The van der Waals surface area contributed by atoms with E-state index in [-0.39, 0.29) is 11.8 Å². The van der Waals surface area contributed by atoms with E-state index in [4.69, 9.17) is 4.74 Å². The van der Waals surface area contributed by atoms with Gasteiger partial charge in [0.2, 0.25) is 0 Å². The van der Waals surface area contributed by atoms with Gasteiger partial charge in [-0.3, -0.25) is 9.59 Å². The van der Waals surface area contributed by atoms with Gasteiger partial charge in [0, 0.05) is 50.8 Å². The van der Waals surface area contributed by atoms with Crippen LogP contribution in [0.2, 0.25) is 0 Å². The maximum Gasteiger partial charge on any atom is 0.255 e. The number of ether oxygens (including phenoxy) is 1. The minimum absolute atomic E-state index is 0.169. The van der Waals surface area contributed by atoms with E-state index in [2.05, 4.69) is 17.6 Å². The molecule has 2 amide bonds. The number of benzene rings is 2. The summed E-state index contributed by atoms with van der Waals surface area (Å²) in [6.07, 6.45) is 5.36. The van der Waals surface area contributed by atoms with Gasteiger partial charge in [0.05, 0.1) is 5.56 Å². The molecule has 0 spiro atoms. The van der Waals surface area contributed by atoms with E-state index in [9.17, 15) is 9.59 Å². The molecule has 174 valence electrons. The molecule has 2 aromatic rings. The zero-order valence-electron chi connectivity index (χ0n) is 19.9. The number of amides is 2. The van der Waals surface area contributed by atoms with Crippen molar-refractivity contribution in [2.75, 3.05) is 44.1 Å². The fourth-order valence-electron chi connectivity index (χ4n) is 3.41. The molecule has 32 heavy (non-hydrogen) atoms. The normalized spacial score (nSPS) is 10.6. The van der Waals surface area contributed by atoms with E-state index in [1.807, 2.05) is 62.3 Å². The molecule has 0 fully saturated rings. The Kier molecular flexibility index (Phi) is 10.7. The molecule has 0 saturated carbocycles.